The van der Waals surface area contributed by atoms with Crippen LogP contribution in [0.4, 0.5) is 0 Å². The van der Waals surface area contributed by atoms with Crippen LogP contribution in [0.1, 0.15) is 42.4 Å². The predicted molar refractivity (Wildman–Crippen MR) is 60.8 cm³/mol. The summed E-state index contributed by atoms with van der Waals surface area (Å²) in [5, 5.41) is 4.88. The Morgan fingerprint density at radius 3 is 3.00 bits per heavy atom. The van der Waals surface area contributed by atoms with Gasteiger partial charge in [-0.05, 0) is 12.3 Å². The van der Waals surface area contributed by atoms with E-state index in [1.165, 1.54) is 15.6 Å². The lowest BCUT2D eigenvalue weighted by Crippen LogP contribution is -2.32. The van der Waals surface area contributed by atoms with E-state index in [-0.39, 0.29) is 0 Å². The molecule has 0 saturated carbocycles. The van der Waals surface area contributed by atoms with Crippen molar-refractivity contribution in [2.24, 2.45) is 5.92 Å². The highest BCUT2D eigenvalue weighted by molar-refractivity contribution is 7.11. The molecule has 0 saturated heterocycles. The maximum absolute atomic E-state index is 4.68. The van der Waals surface area contributed by atoms with Gasteiger partial charge in [-0.25, -0.2) is 4.98 Å². The molecule has 2 rings (SSSR count). The van der Waals surface area contributed by atoms with Crippen molar-refractivity contribution in [1.82, 2.24) is 10.3 Å². The third-order valence-corrected chi connectivity index (χ3v) is 4.07. The molecule has 0 aliphatic carbocycles. The molecule has 78 valence electrons. The summed E-state index contributed by atoms with van der Waals surface area (Å²) >= 11 is 1.90. The standard InChI is InChI=1S/C11H18N2S/c1-4-9-13-8-5-6-12-10(7(2)3)11(8)14-9/h7,10,12H,4-6H2,1-3H3. The van der Waals surface area contributed by atoms with Crippen molar-refractivity contribution in [3.05, 3.63) is 15.6 Å². The van der Waals surface area contributed by atoms with Gasteiger partial charge in [0.2, 0.25) is 0 Å². The van der Waals surface area contributed by atoms with Gasteiger partial charge in [0.1, 0.15) is 0 Å². The van der Waals surface area contributed by atoms with E-state index in [4.69, 9.17) is 0 Å². The Labute approximate surface area is 89.8 Å². The molecule has 1 unspecified atom stereocenters. The first-order valence-electron chi connectivity index (χ1n) is 5.44. The summed E-state index contributed by atoms with van der Waals surface area (Å²) in [6, 6.07) is 0.538. The zero-order chi connectivity index (χ0) is 10.1. The van der Waals surface area contributed by atoms with Crippen LogP contribution in [0.25, 0.3) is 0 Å². The van der Waals surface area contributed by atoms with Crippen LogP contribution >= 0.6 is 11.3 Å². The van der Waals surface area contributed by atoms with Crippen LogP contribution in [-0.4, -0.2) is 11.5 Å². The largest absolute Gasteiger partial charge is 0.309 e. The van der Waals surface area contributed by atoms with Gasteiger partial charge in [-0.15, -0.1) is 11.3 Å². The Morgan fingerprint density at radius 1 is 1.57 bits per heavy atom. The topological polar surface area (TPSA) is 24.9 Å². The highest BCUT2D eigenvalue weighted by Gasteiger charge is 2.25. The zero-order valence-corrected chi connectivity index (χ0v) is 9.95. The first-order valence-corrected chi connectivity index (χ1v) is 6.26. The summed E-state index contributed by atoms with van der Waals surface area (Å²) in [7, 11) is 0. The van der Waals surface area contributed by atoms with Crippen molar-refractivity contribution >= 4 is 11.3 Å². The van der Waals surface area contributed by atoms with Crippen LogP contribution < -0.4 is 5.32 Å². The molecule has 0 aromatic carbocycles. The fourth-order valence-corrected chi connectivity index (χ4v) is 3.27. The second-order valence-electron chi connectivity index (χ2n) is 4.20. The van der Waals surface area contributed by atoms with Crippen LogP contribution in [0.2, 0.25) is 0 Å². The van der Waals surface area contributed by atoms with Crippen LogP contribution in [-0.2, 0) is 12.8 Å². The summed E-state index contributed by atoms with van der Waals surface area (Å²) in [4.78, 5) is 6.17. The SMILES string of the molecule is CCc1nc2c(s1)C(C(C)C)NCC2. The van der Waals surface area contributed by atoms with Crippen molar-refractivity contribution in [1.29, 1.82) is 0 Å². The smallest absolute Gasteiger partial charge is 0.0929 e. The molecular weight excluding hydrogens is 192 g/mol. The summed E-state index contributed by atoms with van der Waals surface area (Å²) in [6.07, 6.45) is 2.18. The van der Waals surface area contributed by atoms with E-state index in [2.05, 4.69) is 31.1 Å². The van der Waals surface area contributed by atoms with Gasteiger partial charge in [-0.2, -0.15) is 0 Å². The fraction of sp³-hybridized carbons (Fsp3) is 0.727. The Morgan fingerprint density at radius 2 is 2.36 bits per heavy atom. The van der Waals surface area contributed by atoms with Gasteiger partial charge in [-0.1, -0.05) is 20.8 Å². The van der Waals surface area contributed by atoms with Crippen molar-refractivity contribution in [2.75, 3.05) is 6.54 Å². The molecule has 1 aliphatic heterocycles. The molecule has 1 aromatic heterocycles. The van der Waals surface area contributed by atoms with E-state index in [1.807, 2.05) is 11.3 Å². The van der Waals surface area contributed by atoms with E-state index < -0.39 is 0 Å². The van der Waals surface area contributed by atoms with Gasteiger partial charge in [0, 0.05) is 23.9 Å². The third-order valence-electron chi connectivity index (χ3n) is 2.75. The normalized spacial score (nSPS) is 21.3. The minimum absolute atomic E-state index is 0.538. The highest BCUT2D eigenvalue weighted by atomic mass is 32.1. The molecular formula is C11H18N2S. The number of aromatic nitrogens is 1. The van der Waals surface area contributed by atoms with Crippen LogP contribution in [0.15, 0.2) is 0 Å². The maximum Gasteiger partial charge on any atom is 0.0929 e. The van der Waals surface area contributed by atoms with Crippen LogP contribution in [0.3, 0.4) is 0 Å². The number of fused-ring (bicyclic) bond motifs is 1. The van der Waals surface area contributed by atoms with Gasteiger partial charge in [0.25, 0.3) is 0 Å². The third kappa shape index (κ3) is 1.71. The maximum atomic E-state index is 4.68. The van der Waals surface area contributed by atoms with Crippen LogP contribution in [0, 0.1) is 5.92 Å². The van der Waals surface area contributed by atoms with E-state index in [0.717, 1.165) is 19.4 Å². The minimum atomic E-state index is 0.538. The quantitative estimate of drug-likeness (QED) is 0.811. The van der Waals surface area contributed by atoms with E-state index >= 15 is 0 Å². The van der Waals surface area contributed by atoms with Crippen LogP contribution in [0.5, 0.6) is 0 Å². The molecule has 2 nitrogen and oxygen atoms in total. The second kappa shape index (κ2) is 3.99. The predicted octanol–water partition coefficient (Wildman–Crippen LogP) is 2.55. The number of nitrogens with one attached hydrogen (secondary N) is 1. The number of hydrogen-bond donors (Lipinski definition) is 1. The fourth-order valence-electron chi connectivity index (χ4n) is 1.96. The van der Waals surface area contributed by atoms with E-state index in [0.29, 0.717) is 12.0 Å². The molecule has 0 radical (unpaired) electrons. The number of rotatable bonds is 2. The summed E-state index contributed by atoms with van der Waals surface area (Å²) in [6.45, 7) is 7.82. The van der Waals surface area contributed by atoms with Gasteiger partial charge >= 0.3 is 0 Å². The van der Waals surface area contributed by atoms with Gasteiger partial charge in [0.05, 0.1) is 10.7 Å². The monoisotopic (exact) mass is 210 g/mol. The van der Waals surface area contributed by atoms with Crippen molar-refractivity contribution in [3.63, 3.8) is 0 Å². The number of thiazole rings is 1. The van der Waals surface area contributed by atoms with Gasteiger partial charge < -0.3 is 5.32 Å². The summed E-state index contributed by atoms with van der Waals surface area (Å²) in [5.74, 6) is 0.666. The Hall–Kier alpha value is -0.410. The molecule has 3 heteroatoms. The van der Waals surface area contributed by atoms with E-state index in [1.54, 1.807) is 0 Å². The van der Waals surface area contributed by atoms with Crippen molar-refractivity contribution in [2.45, 2.75) is 39.7 Å². The number of aryl methyl sites for hydroxylation is 1. The molecule has 0 amide bonds. The van der Waals surface area contributed by atoms with E-state index in [9.17, 15) is 0 Å². The average molecular weight is 210 g/mol. The Bertz CT molecular complexity index is 317. The molecule has 1 aliphatic rings. The Kier molecular flexibility index (Phi) is 2.88. The second-order valence-corrected chi connectivity index (χ2v) is 5.31. The van der Waals surface area contributed by atoms with Crippen molar-refractivity contribution in [3.8, 4) is 0 Å². The molecule has 0 fully saturated rings. The van der Waals surface area contributed by atoms with Gasteiger partial charge in [0.15, 0.2) is 0 Å². The number of nitrogens with zero attached hydrogens (tertiary/aromatic N) is 1. The summed E-state index contributed by atoms with van der Waals surface area (Å²) in [5.41, 5.74) is 1.35. The molecule has 1 N–H and O–H groups in total. The lowest BCUT2D eigenvalue weighted by molar-refractivity contribution is 0.399. The lowest BCUT2D eigenvalue weighted by atomic mass is 9.98. The first kappa shape index (κ1) is 10.1. The first-order chi connectivity index (χ1) is 6.72. The zero-order valence-electron chi connectivity index (χ0n) is 9.13. The minimum Gasteiger partial charge on any atom is -0.309 e. The molecule has 0 bridgehead atoms. The lowest BCUT2D eigenvalue weighted by Gasteiger charge is -2.26. The Balaban J connectivity index is 2.33. The highest BCUT2D eigenvalue weighted by Crippen LogP contribution is 2.33. The molecule has 2 heterocycles. The molecule has 1 aromatic rings. The van der Waals surface area contributed by atoms with Gasteiger partial charge in [-0.3, -0.25) is 0 Å². The molecule has 0 spiro atoms. The number of hydrogen-bond acceptors (Lipinski definition) is 3. The molecule has 14 heavy (non-hydrogen) atoms. The molecule has 1 atom stereocenters. The average Bonchev–Trinajstić information content (AvgIpc) is 2.59. The van der Waals surface area contributed by atoms with Crippen molar-refractivity contribution < 1.29 is 0 Å². The summed E-state index contributed by atoms with van der Waals surface area (Å²) < 4.78 is 0.